The van der Waals surface area contributed by atoms with Crippen LogP contribution in [-0.2, 0) is 13.1 Å². The average molecular weight is 487 g/mol. The van der Waals surface area contributed by atoms with Crippen LogP contribution >= 0.6 is 0 Å². The molecular weight excluding hydrogens is 460 g/mol. The van der Waals surface area contributed by atoms with Crippen molar-refractivity contribution in [1.29, 1.82) is 0 Å². The van der Waals surface area contributed by atoms with Crippen LogP contribution in [-0.4, -0.2) is 54.4 Å². The first-order chi connectivity index (χ1) is 17.5. The van der Waals surface area contributed by atoms with E-state index >= 15 is 0 Å². The Morgan fingerprint density at radius 2 is 1.69 bits per heavy atom. The molecular formula is C28H26N2O6. The van der Waals surface area contributed by atoms with Gasteiger partial charge in [0.05, 0.1) is 30.3 Å². The normalized spacial score (nSPS) is 14.0. The van der Waals surface area contributed by atoms with Crippen molar-refractivity contribution >= 4 is 17.7 Å². The predicted molar refractivity (Wildman–Crippen MR) is 131 cm³/mol. The van der Waals surface area contributed by atoms with Crippen LogP contribution < -0.4 is 14.2 Å². The van der Waals surface area contributed by atoms with Crippen molar-refractivity contribution in [3.63, 3.8) is 0 Å². The fraction of sp³-hybridized carbons (Fsp3) is 0.250. The Balaban J connectivity index is 1.40. The molecule has 3 amide bonds. The highest BCUT2D eigenvalue weighted by Crippen LogP contribution is 2.35. The van der Waals surface area contributed by atoms with Crippen LogP contribution in [0.4, 0.5) is 0 Å². The van der Waals surface area contributed by atoms with Gasteiger partial charge in [-0.15, -0.1) is 0 Å². The number of benzene rings is 3. The molecule has 0 saturated carbocycles. The molecule has 36 heavy (non-hydrogen) atoms. The van der Waals surface area contributed by atoms with Crippen LogP contribution in [0.25, 0.3) is 0 Å². The zero-order chi connectivity index (χ0) is 25.2. The number of para-hydroxylation sites is 1. The van der Waals surface area contributed by atoms with Gasteiger partial charge in [-0.25, -0.2) is 0 Å². The molecule has 8 heteroatoms. The lowest BCUT2D eigenvalue weighted by molar-refractivity contribution is 0.0642. The summed E-state index contributed by atoms with van der Waals surface area (Å²) in [6.07, 6.45) is 0. The molecule has 0 bridgehead atoms. The number of ether oxygens (including phenoxy) is 3. The fourth-order valence-corrected chi connectivity index (χ4v) is 4.55. The summed E-state index contributed by atoms with van der Waals surface area (Å²) in [5.41, 5.74) is 2.64. The quantitative estimate of drug-likeness (QED) is 0.471. The molecule has 3 aromatic rings. The minimum atomic E-state index is -0.342. The minimum absolute atomic E-state index is 0.0557. The molecule has 0 fully saturated rings. The molecule has 2 aliphatic rings. The molecule has 0 saturated heterocycles. The first kappa shape index (κ1) is 23.4. The summed E-state index contributed by atoms with van der Waals surface area (Å²) in [4.78, 5) is 42.2. The molecule has 3 aromatic carbocycles. The van der Waals surface area contributed by atoms with E-state index in [0.29, 0.717) is 65.8 Å². The highest BCUT2D eigenvalue weighted by molar-refractivity contribution is 6.21. The number of amides is 3. The van der Waals surface area contributed by atoms with Crippen molar-refractivity contribution in [3.8, 4) is 17.2 Å². The summed E-state index contributed by atoms with van der Waals surface area (Å²) in [5, 5.41) is 0. The number of imide groups is 1. The number of methoxy groups -OCH3 is 1. The third kappa shape index (κ3) is 4.15. The molecule has 2 aliphatic heterocycles. The van der Waals surface area contributed by atoms with Gasteiger partial charge in [0.15, 0.2) is 11.5 Å². The molecule has 0 aliphatic carbocycles. The lowest BCUT2D eigenvalue weighted by Gasteiger charge is -2.26. The van der Waals surface area contributed by atoms with Crippen molar-refractivity contribution in [2.45, 2.75) is 20.0 Å². The van der Waals surface area contributed by atoms with Gasteiger partial charge in [-0.05, 0) is 42.8 Å². The van der Waals surface area contributed by atoms with Crippen molar-refractivity contribution in [3.05, 3.63) is 88.5 Å². The maximum atomic E-state index is 13.7. The number of carbonyl (C=O) groups excluding carboxylic acids is 3. The zero-order valence-electron chi connectivity index (χ0n) is 20.2. The number of fused-ring (bicyclic) bond motifs is 2. The van der Waals surface area contributed by atoms with Crippen LogP contribution in [0.3, 0.4) is 0 Å². The van der Waals surface area contributed by atoms with Gasteiger partial charge in [-0.2, -0.15) is 0 Å². The monoisotopic (exact) mass is 486 g/mol. The first-order valence-electron chi connectivity index (χ1n) is 11.8. The lowest BCUT2D eigenvalue weighted by Crippen LogP contribution is -2.32. The second-order valence-corrected chi connectivity index (χ2v) is 8.54. The Morgan fingerprint density at radius 3 is 2.39 bits per heavy atom. The van der Waals surface area contributed by atoms with E-state index in [1.165, 1.54) is 12.0 Å². The van der Waals surface area contributed by atoms with Crippen LogP contribution in [0.5, 0.6) is 17.2 Å². The van der Waals surface area contributed by atoms with E-state index in [2.05, 4.69) is 0 Å². The highest BCUT2D eigenvalue weighted by Gasteiger charge is 2.35. The molecule has 0 N–H and O–H groups in total. The third-order valence-electron chi connectivity index (χ3n) is 6.39. The summed E-state index contributed by atoms with van der Waals surface area (Å²) >= 11 is 0. The van der Waals surface area contributed by atoms with Crippen LogP contribution in [0, 0.1) is 0 Å². The standard InChI is InChI=1S/C28H26N2O6/c1-3-29(17-19-7-6-10-24-25(19)36-14-13-35-24)26(31)22-15-18(11-12-23(22)34-2)16-30-27(32)20-8-4-5-9-21(20)28(30)33/h4-12,15H,3,13-14,16-17H2,1-2H3. The molecule has 184 valence electrons. The molecule has 2 heterocycles. The molecule has 8 nitrogen and oxygen atoms in total. The van der Waals surface area contributed by atoms with E-state index in [9.17, 15) is 14.4 Å². The molecule has 0 atom stereocenters. The molecule has 0 unspecified atom stereocenters. The van der Waals surface area contributed by atoms with E-state index in [4.69, 9.17) is 14.2 Å². The van der Waals surface area contributed by atoms with Crippen LogP contribution in [0.1, 0.15) is 49.1 Å². The minimum Gasteiger partial charge on any atom is -0.496 e. The van der Waals surface area contributed by atoms with E-state index in [0.717, 1.165) is 5.56 Å². The largest absolute Gasteiger partial charge is 0.496 e. The summed E-state index contributed by atoms with van der Waals surface area (Å²) in [6.45, 7) is 3.68. The maximum Gasteiger partial charge on any atom is 0.261 e. The van der Waals surface area contributed by atoms with Gasteiger partial charge >= 0.3 is 0 Å². The molecule has 0 spiro atoms. The van der Waals surface area contributed by atoms with Crippen LogP contribution in [0.2, 0.25) is 0 Å². The summed E-state index contributed by atoms with van der Waals surface area (Å²) < 4.78 is 17.0. The van der Waals surface area contributed by atoms with Crippen molar-refractivity contribution in [1.82, 2.24) is 9.80 Å². The van der Waals surface area contributed by atoms with Gasteiger partial charge < -0.3 is 19.1 Å². The Bertz CT molecular complexity index is 1320. The van der Waals surface area contributed by atoms with Gasteiger partial charge in [0, 0.05) is 18.7 Å². The average Bonchev–Trinajstić information content (AvgIpc) is 3.16. The second kappa shape index (κ2) is 9.73. The van der Waals surface area contributed by atoms with E-state index in [1.807, 2.05) is 25.1 Å². The number of carbonyl (C=O) groups is 3. The second-order valence-electron chi connectivity index (χ2n) is 8.54. The summed E-state index contributed by atoms with van der Waals surface area (Å²) in [7, 11) is 1.50. The van der Waals surface area contributed by atoms with Crippen molar-refractivity contribution in [2.24, 2.45) is 0 Å². The van der Waals surface area contributed by atoms with Gasteiger partial charge in [0.1, 0.15) is 19.0 Å². The van der Waals surface area contributed by atoms with E-state index in [1.54, 1.807) is 47.4 Å². The zero-order valence-corrected chi connectivity index (χ0v) is 20.2. The maximum absolute atomic E-state index is 13.7. The van der Waals surface area contributed by atoms with Gasteiger partial charge in [-0.3, -0.25) is 19.3 Å². The summed E-state index contributed by atoms with van der Waals surface area (Å²) in [5.74, 6) is 0.826. The molecule has 0 aromatic heterocycles. The van der Waals surface area contributed by atoms with Crippen molar-refractivity contribution in [2.75, 3.05) is 26.9 Å². The van der Waals surface area contributed by atoms with Crippen molar-refractivity contribution < 1.29 is 28.6 Å². The highest BCUT2D eigenvalue weighted by atomic mass is 16.6. The van der Waals surface area contributed by atoms with Gasteiger partial charge in [-0.1, -0.05) is 30.3 Å². The number of hydrogen-bond acceptors (Lipinski definition) is 6. The van der Waals surface area contributed by atoms with Crippen LogP contribution in [0.15, 0.2) is 60.7 Å². The smallest absolute Gasteiger partial charge is 0.261 e. The van der Waals surface area contributed by atoms with E-state index < -0.39 is 0 Å². The molecule has 0 radical (unpaired) electrons. The number of rotatable bonds is 7. The van der Waals surface area contributed by atoms with Gasteiger partial charge in [0.25, 0.3) is 17.7 Å². The topological polar surface area (TPSA) is 85.4 Å². The Morgan fingerprint density at radius 1 is 0.972 bits per heavy atom. The van der Waals surface area contributed by atoms with E-state index in [-0.39, 0.29) is 24.3 Å². The fourth-order valence-electron chi connectivity index (χ4n) is 4.55. The SMILES string of the molecule is CCN(Cc1cccc2c1OCCO2)C(=O)c1cc(CN2C(=O)c3ccccc3C2=O)ccc1OC. The Labute approximate surface area is 209 Å². The molecule has 5 rings (SSSR count). The Kier molecular flexibility index (Phi) is 6.33. The first-order valence-corrected chi connectivity index (χ1v) is 11.8. The lowest BCUT2D eigenvalue weighted by atomic mass is 10.1. The summed E-state index contributed by atoms with van der Waals surface area (Å²) in [6, 6.07) is 17.5. The number of hydrogen-bond donors (Lipinski definition) is 0. The Hall–Kier alpha value is -4.33. The predicted octanol–water partition coefficient (Wildman–Crippen LogP) is 3.92. The number of nitrogens with zero attached hydrogens (tertiary/aromatic N) is 2. The third-order valence-corrected chi connectivity index (χ3v) is 6.39. The van der Waals surface area contributed by atoms with Gasteiger partial charge in [0.2, 0.25) is 0 Å².